The van der Waals surface area contributed by atoms with E-state index < -0.39 is 5.97 Å². The van der Waals surface area contributed by atoms with Crippen molar-refractivity contribution in [1.29, 1.82) is 0 Å². The molecule has 1 aromatic heterocycles. The summed E-state index contributed by atoms with van der Waals surface area (Å²) in [6, 6.07) is 4.48. The van der Waals surface area contributed by atoms with Crippen LogP contribution in [0.1, 0.15) is 16.1 Å². The molecule has 0 saturated carbocycles. The van der Waals surface area contributed by atoms with Gasteiger partial charge in [0.15, 0.2) is 6.39 Å². The Morgan fingerprint density at radius 2 is 2.35 bits per heavy atom. The summed E-state index contributed by atoms with van der Waals surface area (Å²) in [5, 5.41) is 11.8. The largest absolute Gasteiger partial charge is 0.478 e. The van der Waals surface area contributed by atoms with E-state index in [0.29, 0.717) is 23.7 Å². The van der Waals surface area contributed by atoms with Gasteiger partial charge < -0.3 is 20.6 Å². The Labute approximate surface area is 97.1 Å². The summed E-state index contributed by atoms with van der Waals surface area (Å²) in [6.45, 7) is 0.396. The molecule has 0 saturated heterocycles. The third-order valence-corrected chi connectivity index (χ3v) is 2.24. The third-order valence-electron chi connectivity index (χ3n) is 2.24. The molecule has 0 unspecified atom stereocenters. The number of aromatic carboxylic acids is 1. The fourth-order valence-corrected chi connectivity index (χ4v) is 1.35. The van der Waals surface area contributed by atoms with Crippen LogP contribution in [0.2, 0.25) is 0 Å². The van der Waals surface area contributed by atoms with Gasteiger partial charge >= 0.3 is 5.97 Å². The highest BCUT2D eigenvalue weighted by Crippen LogP contribution is 2.20. The van der Waals surface area contributed by atoms with E-state index in [9.17, 15) is 4.79 Å². The van der Waals surface area contributed by atoms with Gasteiger partial charge in [0.1, 0.15) is 5.76 Å². The first-order valence-corrected chi connectivity index (χ1v) is 4.91. The number of carboxylic acid groups (broad SMARTS) is 1. The maximum atomic E-state index is 10.8. The fraction of sp³-hybridized carbons (Fsp3) is 0.0909. The maximum Gasteiger partial charge on any atom is 0.335 e. The first kappa shape index (κ1) is 11.0. The van der Waals surface area contributed by atoms with E-state index in [-0.39, 0.29) is 5.56 Å². The molecule has 0 amide bonds. The number of rotatable bonds is 4. The molecule has 1 aromatic carbocycles. The van der Waals surface area contributed by atoms with Gasteiger partial charge in [0.2, 0.25) is 0 Å². The predicted molar refractivity (Wildman–Crippen MR) is 61.6 cm³/mol. The van der Waals surface area contributed by atoms with Crippen molar-refractivity contribution in [1.82, 2.24) is 4.98 Å². The zero-order valence-electron chi connectivity index (χ0n) is 8.88. The summed E-state index contributed by atoms with van der Waals surface area (Å²) < 4.78 is 5.04. The first-order valence-electron chi connectivity index (χ1n) is 4.91. The second kappa shape index (κ2) is 4.56. The van der Waals surface area contributed by atoms with E-state index in [4.69, 9.17) is 15.3 Å². The monoisotopic (exact) mass is 233 g/mol. The van der Waals surface area contributed by atoms with Crippen LogP contribution >= 0.6 is 0 Å². The minimum Gasteiger partial charge on any atom is -0.478 e. The summed E-state index contributed by atoms with van der Waals surface area (Å²) in [6.07, 6.45) is 2.90. The Hall–Kier alpha value is -2.50. The van der Waals surface area contributed by atoms with Gasteiger partial charge in [0.05, 0.1) is 29.7 Å². The molecule has 0 atom stereocenters. The smallest absolute Gasteiger partial charge is 0.335 e. The molecule has 0 bridgehead atoms. The van der Waals surface area contributed by atoms with Crippen molar-refractivity contribution in [3.63, 3.8) is 0 Å². The summed E-state index contributed by atoms with van der Waals surface area (Å²) >= 11 is 0. The van der Waals surface area contributed by atoms with Gasteiger partial charge in [-0.15, -0.1) is 0 Å². The highest BCUT2D eigenvalue weighted by Gasteiger charge is 2.07. The van der Waals surface area contributed by atoms with Crippen molar-refractivity contribution >= 4 is 17.3 Å². The SMILES string of the molecule is Nc1ccc(C(=O)O)cc1NCc1cnco1. The Morgan fingerprint density at radius 3 is 3.00 bits per heavy atom. The van der Waals surface area contributed by atoms with Crippen molar-refractivity contribution in [2.75, 3.05) is 11.1 Å². The Morgan fingerprint density at radius 1 is 1.53 bits per heavy atom. The number of nitrogens with zero attached hydrogens (tertiary/aromatic N) is 1. The number of nitrogens with one attached hydrogen (secondary N) is 1. The molecular weight excluding hydrogens is 222 g/mol. The average molecular weight is 233 g/mol. The Balaban J connectivity index is 2.14. The zero-order chi connectivity index (χ0) is 12.3. The van der Waals surface area contributed by atoms with Crippen LogP contribution in [0.5, 0.6) is 0 Å². The Bertz CT molecular complexity index is 523. The third kappa shape index (κ3) is 2.54. The van der Waals surface area contributed by atoms with Crippen LogP contribution < -0.4 is 11.1 Å². The van der Waals surface area contributed by atoms with Crippen LogP contribution in [0.4, 0.5) is 11.4 Å². The van der Waals surface area contributed by atoms with Gasteiger partial charge in [-0.05, 0) is 18.2 Å². The molecule has 1 heterocycles. The van der Waals surface area contributed by atoms with E-state index in [2.05, 4.69) is 10.3 Å². The minimum atomic E-state index is -0.993. The number of aromatic nitrogens is 1. The van der Waals surface area contributed by atoms with E-state index in [1.165, 1.54) is 18.5 Å². The van der Waals surface area contributed by atoms with Crippen LogP contribution in [-0.2, 0) is 6.54 Å². The molecule has 4 N–H and O–H groups in total. The number of hydrogen-bond donors (Lipinski definition) is 3. The van der Waals surface area contributed by atoms with Crippen molar-refractivity contribution in [3.05, 3.63) is 42.1 Å². The summed E-state index contributed by atoms with van der Waals surface area (Å²) in [5.41, 5.74) is 6.95. The molecule has 0 aliphatic carbocycles. The number of oxazole rings is 1. The van der Waals surface area contributed by atoms with Crippen LogP contribution in [0.3, 0.4) is 0 Å². The lowest BCUT2D eigenvalue weighted by Gasteiger charge is -2.08. The van der Waals surface area contributed by atoms with Gasteiger partial charge in [0, 0.05) is 0 Å². The first-order chi connectivity index (χ1) is 8.16. The number of hydrogen-bond acceptors (Lipinski definition) is 5. The molecule has 2 aromatic rings. The number of anilines is 2. The minimum absolute atomic E-state index is 0.180. The zero-order valence-corrected chi connectivity index (χ0v) is 8.88. The second-order valence-electron chi connectivity index (χ2n) is 3.43. The predicted octanol–water partition coefficient (Wildman–Crippen LogP) is 1.57. The molecular formula is C11H11N3O3. The van der Waals surface area contributed by atoms with Crippen LogP contribution in [0, 0.1) is 0 Å². The van der Waals surface area contributed by atoms with E-state index in [1.54, 1.807) is 12.3 Å². The molecule has 17 heavy (non-hydrogen) atoms. The van der Waals surface area contributed by atoms with Crippen molar-refractivity contribution in [3.8, 4) is 0 Å². The van der Waals surface area contributed by atoms with E-state index in [1.807, 2.05) is 0 Å². The molecule has 0 spiro atoms. The summed E-state index contributed by atoms with van der Waals surface area (Å²) in [5.74, 6) is -0.349. The molecule has 6 heteroatoms. The van der Waals surface area contributed by atoms with Crippen molar-refractivity contribution < 1.29 is 14.3 Å². The highest BCUT2D eigenvalue weighted by atomic mass is 16.4. The topological polar surface area (TPSA) is 101 Å². The van der Waals surface area contributed by atoms with Crippen LogP contribution in [0.15, 0.2) is 35.2 Å². The normalized spacial score (nSPS) is 10.1. The van der Waals surface area contributed by atoms with Gasteiger partial charge in [-0.3, -0.25) is 0 Å². The van der Waals surface area contributed by atoms with E-state index in [0.717, 1.165) is 0 Å². The van der Waals surface area contributed by atoms with Gasteiger partial charge in [-0.1, -0.05) is 0 Å². The van der Waals surface area contributed by atoms with Crippen molar-refractivity contribution in [2.45, 2.75) is 6.54 Å². The molecule has 0 radical (unpaired) electrons. The maximum absolute atomic E-state index is 10.8. The standard InChI is InChI=1S/C11H11N3O3/c12-9-2-1-7(11(15)16)3-10(9)14-5-8-4-13-6-17-8/h1-4,6,14H,5,12H2,(H,15,16). The lowest BCUT2D eigenvalue weighted by atomic mass is 10.1. The number of nitrogens with two attached hydrogens (primary N) is 1. The summed E-state index contributed by atoms with van der Waals surface area (Å²) in [4.78, 5) is 14.6. The van der Waals surface area contributed by atoms with Crippen LogP contribution in [0.25, 0.3) is 0 Å². The molecule has 0 aliphatic heterocycles. The molecule has 6 nitrogen and oxygen atoms in total. The number of benzene rings is 1. The summed E-state index contributed by atoms with van der Waals surface area (Å²) in [7, 11) is 0. The number of carbonyl (C=O) groups is 1. The lowest BCUT2D eigenvalue weighted by Crippen LogP contribution is -2.04. The quantitative estimate of drug-likeness (QED) is 0.693. The number of nitrogen functional groups attached to an aromatic ring is 1. The lowest BCUT2D eigenvalue weighted by molar-refractivity contribution is 0.0697. The average Bonchev–Trinajstić information content (AvgIpc) is 2.80. The van der Waals surface area contributed by atoms with Gasteiger partial charge in [-0.25, -0.2) is 9.78 Å². The highest BCUT2D eigenvalue weighted by molar-refractivity contribution is 5.90. The molecule has 2 rings (SSSR count). The fourth-order valence-electron chi connectivity index (χ4n) is 1.35. The molecule has 0 aliphatic rings. The van der Waals surface area contributed by atoms with Gasteiger partial charge in [0.25, 0.3) is 0 Å². The number of carboxylic acids is 1. The molecule has 0 fully saturated rings. The van der Waals surface area contributed by atoms with Crippen molar-refractivity contribution in [2.24, 2.45) is 0 Å². The van der Waals surface area contributed by atoms with E-state index >= 15 is 0 Å². The van der Waals surface area contributed by atoms with Crippen LogP contribution in [-0.4, -0.2) is 16.1 Å². The molecule has 88 valence electrons. The van der Waals surface area contributed by atoms with Gasteiger partial charge in [-0.2, -0.15) is 0 Å². The second-order valence-corrected chi connectivity index (χ2v) is 3.43. The Kier molecular flexibility index (Phi) is 2.95.